The van der Waals surface area contributed by atoms with Crippen LogP contribution in [0.25, 0.3) is 0 Å². The summed E-state index contributed by atoms with van der Waals surface area (Å²) in [5, 5.41) is 19.9. The molecule has 0 aromatic carbocycles. The van der Waals surface area contributed by atoms with Gasteiger partial charge in [-0.2, -0.15) is 0 Å². The molecule has 0 aromatic rings. The summed E-state index contributed by atoms with van der Waals surface area (Å²) in [6.07, 6.45) is 8.61. The molecule has 0 aromatic heterocycles. The fourth-order valence-electron chi connectivity index (χ4n) is 5.56. The van der Waals surface area contributed by atoms with E-state index in [0.717, 1.165) is 49.7 Å². The number of ether oxygens (including phenoxy) is 1. The Morgan fingerprint density at radius 2 is 2.04 bits per heavy atom. The number of aliphatic hydroxyl groups excluding tert-OH is 2. The molecule has 0 bridgehead atoms. The van der Waals surface area contributed by atoms with Gasteiger partial charge >= 0.3 is 5.97 Å². The van der Waals surface area contributed by atoms with Gasteiger partial charge in [0.15, 0.2) is 0 Å². The topological polar surface area (TPSA) is 66.8 Å². The van der Waals surface area contributed by atoms with Crippen LogP contribution in [0, 0.1) is 16.7 Å². The summed E-state index contributed by atoms with van der Waals surface area (Å²) in [5.74, 6) is 0.251. The van der Waals surface area contributed by atoms with Crippen molar-refractivity contribution in [1.29, 1.82) is 0 Å². The highest BCUT2D eigenvalue weighted by Crippen LogP contribution is 2.60. The average molecular weight is 334 g/mol. The van der Waals surface area contributed by atoms with Crippen molar-refractivity contribution in [2.45, 2.75) is 58.8 Å². The smallest absolute Gasteiger partial charge is 0.334 e. The van der Waals surface area contributed by atoms with E-state index >= 15 is 0 Å². The fourth-order valence-corrected chi connectivity index (χ4v) is 5.56. The van der Waals surface area contributed by atoms with Gasteiger partial charge in [-0.15, -0.1) is 0 Å². The summed E-state index contributed by atoms with van der Waals surface area (Å²) in [7, 11) is 0. The lowest BCUT2D eigenvalue weighted by molar-refractivity contribution is -0.136. The molecule has 3 rings (SSSR count). The molecule has 1 aliphatic heterocycles. The Balaban J connectivity index is 1.88. The van der Waals surface area contributed by atoms with Crippen molar-refractivity contribution in [3.05, 3.63) is 22.8 Å². The molecule has 4 heteroatoms. The van der Waals surface area contributed by atoms with Crippen LogP contribution in [0.3, 0.4) is 0 Å². The van der Waals surface area contributed by atoms with Gasteiger partial charge in [0.1, 0.15) is 6.61 Å². The van der Waals surface area contributed by atoms with Crippen LogP contribution in [-0.4, -0.2) is 36.0 Å². The van der Waals surface area contributed by atoms with E-state index in [1.807, 2.05) is 6.08 Å². The van der Waals surface area contributed by atoms with Gasteiger partial charge in [0.25, 0.3) is 0 Å². The Morgan fingerprint density at radius 1 is 1.25 bits per heavy atom. The molecule has 0 spiro atoms. The zero-order valence-electron chi connectivity index (χ0n) is 14.9. The summed E-state index contributed by atoms with van der Waals surface area (Å²) in [6.45, 7) is 5.26. The number of aliphatic hydroxyl groups is 2. The third-order valence-electron chi connectivity index (χ3n) is 6.91. The van der Waals surface area contributed by atoms with E-state index in [0.29, 0.717) is 18.9 Å². The lowest BCUT2D eigenvalue weighted by Crippen LogP contribution is -2.48. The molecule has 134 valence electrons. The van der Waals surface area contributed by atoms with Crippen molar-refractivity contribution in [1.82, 2.24) is 0 Å². The van der Waals surface area contributed by atoms with Crippen LogP contribution in [0.4, 0.5) is 0 Å². The minimum absolute atomic E-state index is 0.0229. The second-order valence-corrected chi connectivity index (χ2v) is 8.24. The third kappa shape index (κ3) is 2.84. The van der Waals surface area contributed by atoms with Gasteiger partial charge in [-0.1, -0.05) is 25.8 Å². The molecule has 2 N–H and O–H groups in total. The van der Waals surface area contributed by atoms with E-state index in [1.54, 1.807) is 0 Å². The number of carbonyl (C=O) groups excluding carboxylic acids is 1. The van der Waals surface area contributed by atoms with Crippen LogP contribution < -0.4 is 0 Å². The van der Waals surface area contributed by atoms with Crippen molar-refractivity contribution >= 4 is 5.97 Å². The number of allylic oxidation sites excluding steroid dienone is 1. The van der Waals surface area contributed by atoms with Crippen LogP contribution >= 0.6 is 0 Å². The molecule has 24 heavy (non-hydrogen) atoms. The Labute approximate surface area is 144 Å². The lowest BCUT2D eigenvalue weighted by atomic mass is 9.49. The van der Waals surface area contributed by atoms with Crippen LogP contribution in [0.5, 0.6) is 0 Å². The Bertz CT molecular complexity index is 576. The van der Waals surface area contributed by atoms with Crippen molar-refractivity contribution < 1.29 is 19.7 Å². The Hall–Kier alpha value is -1.13. The first-order valence-electron chi connectivity index (χ1n) is 9.24. The van der Waals surface area contributed by atoms with E-state index in [9.17, 15) is 15.0 Å². The van der Waals surface area contributed by atoms with Gasteiger partial charge in [-0.05, 0) is 66.9 Å². The highest BCUT2D eigenvalue weighted by molar-refractivity contribution is 5.90. The van der Waals surface area contributed by atoms with Gasteiger partial charge in [0, 0.05) is 12.2 Å². The maximum absolute atomic E-state index is 11.7. The Morgan fingerprint density at radius 3 is 2.67 bits per heavy atom. The SMILES string of the molecule is C[C@@]1(CO)CCC[C@@]2(C)C(CCC3=CCOC3=O)=C(CO)CC[C@@H]12. The largest absolute Gasteiger partial charge is 0.458 e. The Kier molecular flexibility index (Phi) is 4.89. The summed E-state index contributed by atoms with van der Waals surface area (Å²) >= 11 is 0. The zero-order valence-corrected chi connectivity index (χ0v) is 14.9. The van der Waals surface area contributed by atoms with Crippen LogP contribution in [0.2, 0.25) is 0 Å². The number of carbonyl (C=O) groups is 1. The number of hydrogen-bond acceptors (Lipinski definition) is 4. The molecule has 0 radical (unpaired) electrons. The molecular formula is C20H30O4. The highest BCUT2D eigenvalue weighted by Gasteiger charge is 2.51. The number of esters is 1. The molecular weight excluding hydrogens is 304 g/mol. The molecule has 0 amide bonds. The van der Waals surface area contributed by atoms with Crippen LogP contribution in [0.1, 0.15) is 58.8 Å². The molecule has 3 aliphatic rings. The number of cyclic esters (lactones) is 1. The van der Waals surface area contributed by atoms with E-state index in [4.69, 9.17) is 4.74 Å². The number of fused-ring (bicyclic) bond motifs is 1. The summed E-state index contributed by atoms with van der Waals surface area (Å²) < 4.78 is 5.01. The number of rotatable bonds is 5. The van der Waals surface area contributed by atoms with Crippen molar-refractivity contribution in [2.24, 2.45) is 16.7 Å². The van der Waals surface area contributed by atoms with Crippen molar-refractivity contribution in [2.75, 3.05) is 19.8 Å². The molecule has 0 saturated heterocycles. The predicted molar refractivity (Wildman–Crippen MR) is 92.3 cm³/mol. The first-order valence-corrected chi connectivity index (χ1v) is 9.24. The molecule has 1 heterocycles. The minimum Gasteiger partial charge on any atom is -0.458 e. The molecule has 3 atom stereocenters. The summed E-state index contributed by atoms with van der Waals surface area (Å²) in [4.78, 5) is 11.7. The van der Waals surface area contributed by atoms with Crippen LogP contribution in [-0.2, 0) is 9.53 Å². The normalized spacial score (nSPS) is 36.4. The average Bonchev–Trinajstić information content (AvgIpc) is 2.97. The van der Waals surface area contributed by atoms with Crippen molar-refractivity contribution in [3.8, 4) is 0 Å². The van der Waals surface area contributed by atoms with Crippen molar-refractivity contribution in [3.63, 3.8) is 0 Å². The van der Waals surface area contributed by atoms with E-state index in [-0.39, 0.29) is 30.0 Å². The lowest BCUT2D eigenvalue weighted by Gasteiger charge is -2.56. The number of hydrogen-bond donors (Lipinski definition) is 2. The van der Waals surface area contributed by atoms with E-state index in [1.165, 1.54) is 5.57 Å². The van der Waals surface area contributed by atoms with Gasteiger partial charge in [0.2, 0.25) is 0 Å². The maximum Gasteiger partial charge on any atom is 0.334 e. The van der Waals surface area contributed by atoms with Gasteiger partial charge in [0.05, 0.1) is 6.61 Å². The standard InChI is InChI=1S/C20H30O4/c1-19(13-22)9-3-10-20(2)16(15(12-21)5-7-17(19)20)6-4-14-8-11-24-18(14)23/h8,17,21-22H,3-7,9-13H2,1-2H3/t17-,19-,20-/m0/s1. The highest BCUT2D eigenvalue weighted by atomic mass is 16.5. The van der Waals surface area contributed by atoms with E-state index < -0.39 is 0 Å². The molecule has 1 saturated carbocycles. The first-order chi connectivity index (χ1) is 11.4. The quantitative estimate of drug-likeness (QED) is 0.599. The van der Waals surface area contributed by atoms with Gasteiger partial charge < -0.3 is 14.9 Å². The minimum atomic E-state index is -0.192. The fraction of sp³-hybridized carbons (Fsp3) is 0.750. The monoisotopic (exact) mass is 334 g/mol. The summed E-state index contributed by atoms with van der Waals surface area (Å²) in [6, 6.07) is 0. The molecule has 4 nitrogen and oxygen atoms in total. The third-order valence-corrected chi connectivity index (χ3v) is 6.91. The second kappa shape index (κ2) is 6.64. The van der Waals surface area contributed by atoms with Crippen LogP contribution in [0.15, 0.2) is 22.8 Å². The first kappa shape index (κ1) is 17.7. The van der Waals surface area contributed by atoms with E-state index in [2.05, 4.69) is 13.8 Å². The predicted octanol–water partition coefficient (Wildman–Crippen LogP) is 3.14. The maximum atomic E-state index is 11.7. The molecule has 2 aliphatic carbocycles. The second-order valence-electron chi connectivity index (χ2n) is 8.24. The zero-order chi connectivity index (χ0) is 17.4. The molecule has 0 unspecified atom stereocenters. The summed E-state index contributed by atoms with van der Waals surface area (Å²) in [5.41, 5.74) is 3.25. The van der Waals surface area contributed by atoms with Gasteiger partial charge in [-0.25, -0.2) is 4.79 Å². The van der Waals surface area contributed by atoms with Gasteiger partial charge in [-0.3, -0.25) is 0 Å². The molecule has 1 fully saturated rings.